The summed E-state index contributed by atoms with van der Waals surface area (Å²) in [6.45, 7) is 1.91. The fourth-order valence-corrected chi connectivity index (χ4v) is 2.44. The number of benzene rings is 1. The van der Waals surface area contributed by atoms with Gasteiger partial charge in [-0.2, -0.15) is 0 Å². The standard InChI is InChI=1S/C13H15BrN2O4/c1-7-4-8(2-3-10(7)14)15-13(20)16-6-9(17)5-11(16)12(18)19/h2-4,9,11,17H,5-6H2,1H3,(H,15,20)(H,18,19)/t9-,11-/m1/s1. The molecule has 0 bridgehead atoms. The Hall–Kier alpha value is -1.60. The van der Waals surface area contributed by atoms with Gasteiger partial charge in [-0.25, -0.2) is 9.59 Å². The van der Waals surface area contributed by atoms with Crippen LogP contribution in [-0.4, -0.2) is 45.8 Å². The fourth-order valence-electron chi connectivity index (χ4n) is 2.19. The van der Waals surface area contributed by atoms with E-state index < -0.39 is 24.1 Å². The summed E-state index contributed by atoms with van der Waals surface area (Å²) in [4.78, 5) is 24.3. The predicted octanol–water partition coefficient (Wildman–Crippen LogP) is 1.81. The van der Waals surface area contributed by atoms with Crippen LogP contribution in [-0.2, 0) is 4.79 Å². The number of likely N-dealkylation sites (tertiary alicyclic amines) is 1. The third kappa shape index (κ3) is 3.10. The van der Waals surface area contributed by atoms with Gasteiger partial charge in [0.05, 0.1) is 6.10 Å². The van der Waals surface area contributed by atoms with Gasteiger partial charge in [0.25, 0.3) is 0 Å². The van der Waals surface area contributed by atoms with E-state index in [-0.39, 0.29) is 13.0 Å². The number of hydrogen-bond donors (Lipinski definition) is 3. The number of carbonyl (C=O) groups is 2. The third-order valence-corrected chi connectivity index (χ3v) is 4.12. The van der Waals surface area contributed by atoms with Crippen molar-refractivity contribution in [1.82, 2.24) is 4.90 Å². The minimum absolute atomic E-state index is 0.0261. The Morgan fingerprint density at radius 2 is 2.15 bits per heavy atom. The Morgan fingerprint density at radius 1 is 1.45 bits per heavy atom. The van der Waals surface area contributed by atoms with E-state index in [1.165, 1.54) is 0 Å². The minimum atomic E-state index is -1.11. The number of aliphatic hydroxyl groups is 1. The monoisotopic (exact) mass is 342 g/mol. The molecule has 0 spiro atoms. The smallest absolute Gasteiger partial charge is 0.326 e. The van der Waals surface area contributed by atoms with Crippen LogP contribution in [0.5, 0.6) is 0 Å². The lowest BCUT2D eigenvalue weighted by atomic mass is 10.2. The number of aliphatic hydroxyl groups excluding tert-OH is 1. The summed E-state index contributed by atoms with van der Waals surface area (Å²) in [6.07, 6.45) is -0.740. The van der Waals surface area contributed by atoms with Crippen molar-refractivity contribution in [2.75, 3.05) is 11.9 Å². The van der Waals surface area contributed by atoms with Crippen molar-refractivity contribution in [3.8, 4) is 0 Å². The molecule has 2 atom stereocenters. The number of rotatable bonds is 2. The molecule has 1 aromatic carbocycles. The number of amides is 2. The number of urea groups is 1. The van der Waals surface area contributed by atoms with Gasteiger partial charge in [-0.3, -0.25) is 0 Å². The number of carbonyl (C=O) groups excluding carboxylic acids is 1. The van der Waals surface area contributed by atoms with Gasteiger partial charge in [0.15, 0.2) is 0 Å². The quantitative estimate of drug-likeness (QED) is 0.764. The first kappa shape index (κ1) is 14.8. The van der Waals surface area contributed by atoms with Crippen LogP contribution in [0.25, 0.3) is 0 Å². The van der Waals surface area contributed by atoms with Gasteiger partial charge < -0.3 is 20.4 Å². The maximum atomic E-state index is 12.1. The fraction of sp³-hybridized carbons (Fsp3) is 0.385. The van der Waals surface area contributed by atoms with Crippen molar-refractivity contribution < 1.29 is 19.8 Å². The number of halogens is 1. The van der Waals surface area contributed by atoms with Crippen molar-refractivity contribution in [2.24, 2.45) is 0 Å². The lowest BCUT2D eigenvalue weighted by Gasteiger charge is -2.21. The van der Waals surface area contributed by atoms with Gasteiger partial charge in [-0.15, -0.1) is 0 Å². The first-order valence-corrected chi connectivity index (χ1v) is 6.92. The zero-order valence-corrected chi connectivity index (χ0v) is 12.4. The van der Waals surface area contributed by atoms with Gasteiger partial charge >= 0.3 is 12.0 Å². The summed E-state index contributed by atoms with van der Waals surface area (Å²) in [7, 11) is 0. The van der Waals surface area contributed by atoms with Crippen molar-refractivity contribution in [3.05, 3.63) is 28.2 Å². The van der Waals surface area contributed by atoms with Gasteiger partial charge in [-0.1, -0.05) is 15.9 Å². The second-order valence-corrected chi connectivity index (χ2v) is 5.64. The highest BCUT2D eigenvalue weighted by Crippen LogP contribution is 2.22. The summed E-state index contributed by atoms with van der Waals surface area (Å²) in [5, 5.41) is 21.2. The molecule has 20 heavy (non-hydrogen) atoms. The number of aryl methyl sites for hydroxylation is 1. The molecular weight excluding hydrogens is 328 g/mol. The molecule has 0 radical (unpaired) electrons. The zero-order chi connectivity index (χ0) is 14.9. The van der Waals surface area contributed by atoms with Crippen LogP contribution in [0.15, 0.2) is 22.7 Å². The van der Waals surface area contributed by atoms with Crippen LogP contribution in [0.4, 0.5) is 10.5 Å². The molecule has 1 fully saturated rings. The first-order valence-electron chi connectivity index (χ1n) is 6.13. The number of carboxylic acid groups (broad SMARTS) is 1. The second-order valence-electron chi connectivity index (χ2n) is 4.79. The van der Waals surface area contributed by atoms with Gasteiger partial charge in [0.2, 0.25) is 0 Å². The number of hydrogen-bond acceptors (Lipinski definition) is 3. The highest BCUT2D eigenvalue weighted by Gasteiger charge is 2.38. The lowest BCUT2D eigenvalue weighted by molar-refractivity contribution is -0.141. The molecule has 0 saturated carbocycles. The van der Waals surface area contributed by atoms with Gasteiger partial charge in [-0.05, 0) is 30.7 Å². The second kappa shape index (κ2) is 5.80. The Labute approximate surface area is 124 Å². The molecule has 6 nitrogen and oxygen atoms in total. The zero-order valence-electron chi connectivity index (χ0n) is 10.8. The predicted molar refractivity (Wildman–Crippen MR) is 76.7 cm³/mol. The Kier molecular flexibility index (Phi) is 4.29. The third-order valence-electron chi connectivity index (χ3n) is 3.23. The lowest BCUT2D eigenvalue weighted by Crippen LogP contribution is -2.43. The molecule has 0 aromatic heterocycles. The molecule has 0 aliphatic carbocycles. The molecule has 2 rings (SSSR count). The maximum absolute atomic E-state index is 12.1. The maximum Gasteiger partial charge on any atom is 0.326 e. The highest BCUT2D eigenvalue weighted by molar-refractivity contribution is 9.10. The molecular formula is C13H15BrN2O4. The van der Waals surface area contributed by atoms with E-state index >= 15 is 0 Å². The molecule has 1 heterocycles. The SMILES string of the molecule is Cc1cc(NC(=O)N2C[C@H](O)C[C@@H]2C(=O)O)ccc1Br. The van der Waals surface area contributed by atoms with Gasteiger partial charge in [0.1, 0.15) is 6.04 Å². The summed E-state index contributed by atoms with van der Waals surface area (Å²) >= 11 is 3.36. The van der Waals surface area contributed by atoms with Crippen LogP contribution in [0.3, 0.4) is 0 Å². The summed E-state index contributed by atoms with van der Waals surface area (Å²) < 4.78 is 0.926. The molecule has 1 aliphatic heterocycles. The minimum Gasteiger partial charge on any atom is -0.480 e. The van der Waals surface area contributed by atoms with Gasteiger partial charge in [0, 0.05) is 23.1 Å². The topological polar surface area (TPSA) is 89.9 Å². The molecule has 1 aliphatic rings. The van der Waals surface area contributed by atoms with Crippen LogP contribution in [0.2, 0.25) is 0 Å². The molecule has 2 amide bonds. The van der Waals surface area contributed by atoms with E-state index in [0.29, 0.717) is 5.69 Å². The Morgan fingerprint density at radius 3 is 2.75 bits per heavy atom. The average molecular weight is 343 g/mol. The molecule has 0 unspecified atom stereocenters. The highest BCUT2D eigenvalue weighted by atomic mass is 79.9. The van der Waals surface area contributed by atoms with Crippen LogP contribution in [0.1, 0.15) is 12.0 Å². The number of nitrogens with zero attached hydrogens (tertiary/aromatic N) is 1. The van der Waals surface area contributed by atoms with E-state index in [1.807, 2.05) is 6.92 Å². The van der Waals surface area contributed by atoms with Crippen molar-refractivity contribution in [1.29, 1.82) is 0 Å². The molecule has 1 aromatic rings. The molecule has 7 heteroatoms. The van der Waals surface area contributed by atoms with E-state index in [9.17, 15) is 14.7 Å². The van der Waals surface area contributed by atoms with E-state index in [2.05, 4.69) is 21.2 Å². The normalized spacial score (nSPS) is 21.9. The summed E-state index contributed by atoms with van der Waals surface area (Å²) in [5.41, 5.74) is 1.54. The Balaban J connectivity index is 2.11. The number of aliphatic carboxylic acids is 1. The van der Waals surface area contributed by atoms with Crippen molar-refractivity contribution in [2.45, 2.75) is 25.5 Å². The molecule has 3 N–H and O–H groups in total. The first-order chi connectivity index (χ1) is 9.38. The number of nitrogens with one attached hydrogen (secondary N) is 1. The summed E-state index contributed by atoms with van der Waals surface area (Å²) in [5.74, 6) is -1.11. The average Bonchev–Trinajstić information content (AvgIpc) is 2.76. The number of β-amino-alcohol motifs (C(OH)–C–C–N with tert-alkyl or cyclic N) is 1. The van der Waals surface area contributed by atoms with E-state index in [1.54, 1.807) is 18.2 Å². The molecule has 1 saturated heterocycles. The largest absolute Gasteiger partial charge is 0.480 e. The van der Waals surface area contributed by atoms with E-state index in [4.69, 9.17) is 5.11 Å². The summed E-state index contributed by atoms with van der Waals surface area (Å²) in [6, 6.07) is 3.80. The number of anilines is 1. The molecule has 108 valence electrons. The number of carboxylic acids is 1. The van der Waals surface area contributed by atoms with Crippen molar-refractivity contribution in [3.63, 3.8) is 0 Å². The van der Waals surface area contributed by atoms with Crippen molar-refractivity contribution >= 4 is 33.6 Å². The van der Waals surface area contributed by atoms with Crippen LogP contribution < -0.4 is 5.32 Å². The van der Waals surface area contributed by atoms with Crippen LogP contribution >= 0.6 is 15.9 Å². The Bertz CT molecular complexity index is 549. The van der Waals surface area contributed by atoms with Crippen LogP contribution in [0, 0.1) is 6.92 Å². The van der Waals surface area contributed by atoms with E-state index in [0.717, 1.165) is 14.9 Å².